The topological polar surface area (TPSA) is 62.3 Å². The Morgan fingerprint density at radius 1 is 1.08 bits per heavy atom. The first-order valence-corrected chi connectivity index (χ1v) is 8.95. The highest BCUT2D eigenvalue weighted by molar-refractivity contribution is 5.96. The third kappa shape index (κ3) is 3.14. The molecule has 0 N–H and O–H groups in total. The van der Waals surface area contributed by atoms with E-state index >= 15 is 0 Å². The zero-order chi connectivity index (χ0) is 18.1. The molecule has 0 radical (unpaired) electrons. The number of para-hydroxylation sites is 1. The molecule has 0 aliphatic carbocycles. The van der Waals surface area contributed by atoms with Crippen molar-refractivity contribution in [2.24, 2.45) is 0 Å². The molecule has 3 aliphatic rings. The third-order valence-corrected chi connectivity index (χ3v) is 5.26. The Balaban J connectivity index is 1.34. The van der Waals surface area contributed by atoms with Crippen LogP contribution in [0.4, 0.5) is 14.9 Å². The molecule has 1 aromatic carbocycles. The van der Waals surface area contributed by atoms with Gasteiger partial charge in [-0.3, -0.25) is 9.69 Å². The van der Waals surface area contributed by atoms with Crippen LogP contribution >= 0.6 is 0 Å². The van der Waals surface area contributed by atoms with Crippen molar-refractivity contribution >= 4 is 17.6 Å². The zero-order valence-electron chi connectivity index (χ0n) is 14.5. The monoisotopic (exact) mass is 363 g/mol. The summed E-state index contributed by atoms with van der Waals surface area (Å²) in [6.07, 6.45) is 1.29. The molecule has 0 unspecified atom stereocenters. The van der Waals surface area contributed by atoms with Gasteiger partial charge in [-0.05, 0) is 12.1 Å². The Kier molecular flexibility index (Phi) is 4.54. The minimum atomic E-state index is -0.526. The van der Waals surface area contributed by atoms with E-state index in [9.17, 15) is 14.0 Å². The number of ether oxygens (including phenoxy) is 2. The van der Waals surface area contributed by atoms with Crippen molar-refractivity contribution in [3.63, 3.8) is 0 Å². The highest BCUT2D eigenvalue weighted by atomic mass is 19.1. The highest BCUT2D eigenvalue weighted by Gasteiger charge is 2.41. The first-order chi connectivity index (χ1) is 12.6. The average Bonchev–Trinajstić information content (AvgIpc) is 3.24. The number of carbonyl (C=O) groups excluding carboxylic acids is 2. The van der Waals surface area contributed by atoms with Gasteiger partial charge >= 0.3 is 6.03 Å². The van der Waals surface area contributed by atoms with E-state index in [1.165, 1.54) is 15.9 Å². The van der Waals surface area contributed by atoms with Crippen molar-refractivity contribution in [1.29, 1.82) is 0 Å². The quantitative estimate of drug-likeness (QED) is 0.815. The molecule has 1 spiro atoms. The molecule has 4 rings (SSSR count). The van der Waals surface area contributed by atoms with Crippen molar-refractivity contribution in [2.75, 3.05) is 50.8 Å². The zero-order valence-corrected chi connectivity index (χ0v) is 14.5. The summed E-state index contributed by atoms with van der Waals surface area (Å²) in [5.41, 5.74) is 0.253. The summed E-state index contributed by atoms with van der Waals surface area (Å²) in [5.74, 6) is -1.06. The van der Waals surface area contributed by atoms with Crippen LogP contribution in [0.25, 0.3) is 0 Å². The van der Waals surface area contributed by atoms with Crippen LogP contribution in [0.15, 0.2) is 24.3 Å². The van der Waals surface area contributed by atoms with E-state index in [0.29, 0.717) is 52.2 Å². The number of piperidine rings is 1. The molecular formula is C18H22FN3O4. The van der Waals surface area contributed by atoms with Crippen LogP contribution in [0, 0.1) is 5.82 Å². The fourth-order valence-corrected chi connectivity index (χ4v) is 3.77. The lowest BCUT2D eigenvalue weighted by Gasteiger charge is -2.38. The van der Waals surface area contributed by atoms with Crippen LogP contribution in [-0.4, -0.2) is 73.5 Å². The van der Waals surface area contributed by atoms with E-state index in [2.05, 4.69) is 0 Å². The van der Waals surface area contributed by atoms with Gasteiger partial charge in [0.25, 0.3) is 0 Å². The largest absolute Gasteiger partial charge is 0.347 e. The lowest BCUT2D eigenvalue weighted by Crippen LogP contribution is -2.50. The first kappa shape index (κ1) is 17.2. The Bertz CT molecular complexity index is 697. The van der Waals surface area contributed by atoms with E-state index in [0.717, 1.165) is 0 Å². The molecule has 0 atom stereocenters. The van der Waals surface area contributed by atoms with Gasteiger partial charge < -0.3 is 19.3 Å². The smallest absolute Gasteiger partial charge is 0.325 e. The molecule has 26 heavy (non-hydrogen) atoms. The van der Waals surface area contributed by atoms with Crippen molar-refractivity contribution in [2.45, 2.75) is 18.6 Å². The van der Waals surface area contributed by atoms with E-state index in [1.54, 1.807) is 23.1 Å². The van der Waals surface area contributed by atoms with E-state index in [4.69, 9.17) is 9.47 Å². The second-order valence-corrected chi connectivity index (χ2v) is 6.80. The number of hydrogen-bond acceptors (Lipinski definition) is 4. The standard InChI is InChI=1S/C18H22FN3O4/c19-14-3-1-2-4-15(14)22-10-9-21(17(22)24)13-16(23)20-7-5-18(6-8-20)25-11-12-26-18/h1-4H,5-13H2. The fourth-order valence-electron chi connectivity index (χ4n) is 3.77. The number of rotatable bonds is 3. The number of carbonyl (C=O) groups is 2. The van der Waals surface area contributed by atoms with Gasteiger partial charge in [0, 0.05) is 39.0 Å². The van der Waals surface area contributed by atoms with Gasteiger partial charge in [0.1, 0.15) is 12.4 Å². The molecule has 0 aromatic heterocycles. The van der Waals surface area contributed by atoms with Crippen LogP contribution in [0.2, 0.25) is 0 Å². The average molecular weight is 363 g/mol. The van der Waals surface area contributed by atoms with Crippen molar-refractivity contribution in [3.8, 4) is 0 Å². The lowest BCUT2D eigenvalue weighted by atomic mass is 10.0. The van der Waals surface area contributed by atoms with Gasteiger partial charge in [-0.25, -0.2) is 9.18 Å². The summed E-state index contributed by atoms with van der Waals surface area (Å²) in [6, 6.07) is 5.84. The van der Waals surface area contributed by atoms with Crippen molar-refractivity contribution < 1.29 is 23.5 Å². The number of anilines is 1. The number of benzene rings is 1. The van der Waals surface area contributed by atoms with Gasteiger partial charge in [-0.15, -0.1) is 0 Å². The maximum absolute atomic E-state index is 13.9. The van der Waals surface area contributed by atoms with Gasteiger partial charge in [0.05, 0.1) is 18.9 Å². The van der Waals surface area contributed by atoms with E-state index in [1.807, 2.05) is 0 Å². The summed E-state index contributed by atoms with van der Waals surface area (Å²) in [7, 11) is 0. The molecule has 140 valence electrons. The predicted molar refractivity (Wildman–Crippen MR) is 91.2 cm³/mol. The fraction of sp³-hybridized carbons (Fsp3) is 0.556. The number of amides is 3. The summed E-state index contributed by atoms with van der Waals surface area (Å²) in [4.78, 5) is 29.7. The molecule has 7 nitrogen and oxygen atoms in total. The summed E-state index contributed by atoms with van der Waals surface area (Å²) in [6.45, 7) is 3.10. The van der Waals surface area contributed by atoms with Crippen LogP contribution in [0.5, 0.6) is 0 Å². The van der Waals surface area contributed by atoms with Crippen molar-refractivity contribution in [3.05, 3.63) is 30.1 Å². The van der Waals surface area contributed by atoms with Gasteiger partial charge in [0.15, 0.2) is 5.79 Å². The minimum Gasteiger partial charge on any atom is -0.347 e. The van der Waals surface area contributed by atoms with E-state index < -0.39 is 11.6 Å². The molecule has 0 saturated carbocycles. The Labute approximate surface area is 151 Å². The maximum atomic E-state index is 13.9. The summed E-state index contributed by atoms with van der Waals surface area (Å²) >= 11 is 0. The minimum absolute atomic E-state index is 0.0124. The summed E-state index contributed by atoms with van der Waals surface area (Å²) in [5, 5.41) is 0. The van der Waals surface area contributed by atoms with Crippen LogP contribution in [0.1, 0.15) is 12.8 Å². The normalized spacial score (nSPS) is 22.5. The lowest BCUT2D eigenvalue weighted by molar-refractivity contribution is -0.187. The SMILES string of the molecule is O=C(CN1CCN(c2ccccc2F)C1=O)N1CCC2(CC1)OCCO2. The number of urea groups is 1. The molecule has 0 bridgehead atoms. The molecule has 8 heteroatoms. The molecular weight excluding hydrogens is 341 g/mol. The molecule has 3 saturated heterocycles. The Hall–Kier alpha value is -2.19. The number of halogens is 1. The number of likely N-dealkylation sites (tertiary alicyclic amines) is 1. The van der Waals surface area contributed by atoms with Gasteiger partial charge in [-0.2, -0.15) is 0 Å². The van der Waals surface area contributed by atoms with Crippen LogP contribution in [-0.2, 0) is 14.3 Å². The first-order valence-electron chi connectivity index (χ1n) is 8.95. The highest BCUT2D eigenvalue weighted by Crippen LogP contribution is 2.31. The number of nitrogens with zero attached hydrogens (tertiary/aromatic N) is 3. The molecule has 3 heterocycles. The Morgan fingerprint density at radius 3 is 2.46 bits per heavy atom. The maximum Gasteiger partial charge on any atom is 0.325 e. The second-order valence-electron chi connectivity index (χ2n) is 6.80. The molecule has 3 aliphatic heterocycles. The molecule has 3 fully saturated rings. The third-order valence-electron chi connectivity index (χ3n) is 5.26. The molecule has 1 aromatic rings. The van der Waals surface area contributed by atoms with Crippen molar-refractivity contribution in [1.82, 2.24) is 9.80 Å². The molecule has 3 amide bonds. The van der Waals surface area contributed by atoms with Crippen LogP contribution in [0.3, 0.4) is 0 Å². The second kappa shape index (κ2) is 6.85. The van der Waals surface area contributed by atoms with Gasteiger partial charge in [-0.1, -0.05) is 12.1 Å². The number of hydrogen-bond donors (Lipinski definition) is 0. The Morgan fingerprint density at radius 2 is 1.77 bits per heavy atom. The predicted octanol–water partition coefficient (Wildman–Crippen LogP) is 1.43. The van der Waals surface area contributed by atoms with Crippen LogP contribution < -0.4 is 4.90 Å². The van der Waals surface area contributed by atoms with Gasteiger partial charge in [0.2, 0.25) is 5.91 Å². The summed E-state index contributed by atoms with van der Waals surface area (Å²) < 4.78 is 25.3. The van der Waals surface area contributed by atoms with E-state index in [-0.39, 0.29) is 24.2 Å².